The zero-order valence-corrected chi connectivity index (χ0v) is 17.1. The Kier molecular flexibility index (Phi) is 7.50. The van der Waals surface area contributed by atoms with Gasteiger partial charge in [0.05, 0.1) is 13.2 Å². The molecule has 2 aromatic carbocycles. The molecule has 0 spiro atoms. The second-order valence-electron chi connectivity index (χ2n) is 6.04. The van der Waals surface area contributed by atoms with Crippen molar-refractivity contribution in [3.8, 4) is 17.2 Å². The third kappa shape index (κ3) is 6.15. The first-order chi connectivity index (χ1) is 12.9. The van der Waals surface area contributed by atoms with Crippen LogP contribution in [0, 0.1) is 13.8 Å². The first kappa shape index (κ1) is 21.1. The van der Waals surface area contributed by atoms with Gasteiger partial charge in [0, 0.05) is 12.6 Å². The third-order valence-electron chi connectivity index (χ3n) is 3.67. The average Bonchev–Trinajstić information content (AvgIpc) is 2.59. The summed E-state index contributed by atoms with van der Waals surface area (Å²) < 4.78 is 44.4. The van der Waals surface area contributed by atoms with E-state index in [1.165, 1.54) is 6.07 Å². The standard InChI is InChI=1S/C20H27NO5S/c1-5-24-17-7-8-20(19(14-17)25-6-2)27(22,23)21-9-10-26-18-12-15(3)11-16(4)13-18/h7-8,11-14,21H,5-6,9-10H2,1-4H3. The molecule has 1 N–H and O–H groups in total. The van der Waals surface area contributed by atoms with Gasteiger partial charge in [0.1, 0.15) is 28.8 Å². The summed E-state index contributed by atoms with van der Waals surface area (Å²) in [5.41, 5.74) is 2.20. The molecule has 2 rings (SSSR count). The van der Waals surface area contributed by atoms with E-state index in [1.807, 2.05) is 32.9 Å². The molecule has 0 bridgehead atoms. The fraction of sp³-hybridized carbons (Fsp3) is 0.400. The lowest BCUT2D eigenvalue weighted by Crippen LogP contribution is -2.28. The summed E-state index contributed by atoms with van der Waals surface area (Å²) in [6.07, 6.45) is 0. The lowest BCUT2D eigenvalue weighted by atomic mass is 10.1. The molecule has 0 saturated heterocycles. The summed E-state index contributed by atoms with van der Waals surface area (Å²) in [7, 11) is -3.73. The Morgan fingerprint density at radius 3 is 2.15 bits per heavy atom. The van der Waals surface area contributed by atoms with Crippen LogP contribution in [0.2, 0.25) is 0 Å². The number of benzene rings is 2. The van der Waals surface area contributed by atoms with Crippen molar-refractivity contribution in [2.24, 2.45) is 0 Å². The van der Waals surface area contributed by atoms with Crippen LogP contribution in [-0.4, -0.2) is 34.8 Å². The van der Waals surface area contributed by atoms with Gasteiger partial charge in [-0.3, -0.25) is 0 Å². The molecular formula is C20H27NO5S. The van der Waals surface area contributed by atoms with Crippen LogP contribution < -0.4 is 18.9 Å². The molecule has 0 saturated carbocycles. The van der Waals surface area contributed by atoms with E-state index >= 15 is 0 Å². The molecular weight excluding hydrogens is 366 g/mol. The average molecular weight is 394 g/mol. The molecule has 27 heavy (non-hydrogen) atoms. The highest BCUT2D eigenvalue weighted by molar-refractivity contribution is 7.89. The van der Waals surface area contributed by atoms with E-state index in [9.17, 15) is 8.42 Å². The van der Waals surface area contributed by atoms with E-state index in [0.717, 1.165) is 16.9 Å². The van der Waals surface area contributed by atoms with Gasteiger partial charge in [0.15, 0.2) is 0 Å². The van der Waals surface area contributed by atoms with Crippen molar-refractivity contribution < 1.29 is 22.6 Å². The number of sulfonamides is 1. The van der Waals surface area contributed by atoms with Crippen molar-refractivity contribution in [1.29, 1.82) is 0 Å². The molecule has 0 fully saturated rings. The number of hydrogen-bond donors (Lipinski definition) is 1. The maximum absolute atomic E-state index is 12.6. The summed E-state index contributed by atoms with van der Waals surface area (Å²) in [5, 5.41) is 0. The van der Waals surface area contributed by atoms with E-state index in [4.69, 9.17) is 14.2 Å². The van der Waals surface area contributed by atoms with Gasteiger partial charge in [-0.15, -0.1) is 0 Å². The highest BCUT2D eigenvalue weighted by atomic mass is 32.2. The van der Waals surface area contributed by atoms with Crippen molar-refractivity contribution in [1.82, 2.24) is 4.72 Å². The van der Waals surface area contributed by atoms with Crippen molar-refractivity contribution in [2.75, 3.05) is 26.4 Å². The summed E-state index contributed by atoms with van der Waals surface area (Å²) >= 11 is 0. The van der Waals surface area contributed by atoms with Crippen LogP contribution in [-0.2, 0) is 10.0 Å². The van der Waals surface area contributed by atoms with Gasteiger partial charge in [-0.1, -0.05) is 6.07 Å². The Bertz CT molecular complexity index is 844. The van der Waals surface area contributed by atoms with Gasteiger partial charge in [-0.2, -0.15) is 0 Å². The van der Waals surface area contributed by atoms with Gasteiger partial charge in [0.25, 0.3) is 0 Å². The molecule has 0 amide bonds. The van der Waals surface area contributed by atoms with Crippen LogP contribution in [0.5, 0.6) is 17.2 Å². The van der Waals surface area contributed by atoms with Gasteiger partial charge < -0.3 is 14.2 Å². The SMILES string of the molecule is CCOc1ccc(S(=O)(=O)NCCOc2cc(C)cc(C)c2)c(OCC)c1. The highest BCUT2D eigenvalue weighted by Gasteiger charge is 2.20. The van der Waals surface area contributed by atoms with Crippen molar-refractivity contribution >= 4 is 10.0 Å². The molecule has 0 aliphatic rings. The number of hydrogen-bond acceptors (Lipinski definition) is 5. The summed E-state index contributed by atoms with van der Waals surface area (Å²) in [4.78, 5) is 0.0826. The Labute approximate surface area is 161 Å². The zero-order valence-electron chi connectivity index (χ0n) is 16.2. The molecule has 0 heterocycles. The van der Waals surface area contributed by atoms with Crippen LogP contribution in [0.3, 0.4) is 0 Å². The molecule has 0 aromatic heterocycles. The van der Waals surface area contributed by atoms with E-state index in [-0.39, 0.29) is 23.8 Å². The lowest BCUT2D eigenvalue weighted by molar-refractivity contribution is 0.315. The zero-order chi connectivity index (χ0) is 19.9. The van der Waals surface area contributed by atoms with E-state index in [2.05, 4.69) is 10.8 Å². The van der Waals surface area contributed by atoms with Crippen LogP contribution in [0.4, 0.5) is 0 Å². The molecule has 7 heteroatoms. The minimum Gasteiger partial charge on any atom is -0.494 e. The molecule has 6 nitrogen and oxygen atoms in total. The molecule has 0 unspecified atom stereocenters. The topological polar surface area (TPSA) is 73.9 Å². The summed E-state index contributed by atoms with van der Waals surface area (Å²) in [5.74, 6) is 1.56. The molecule has 0 aliphatic carbocycles. The molecule has 0 aliphatic heterocycles. The van der Waals surface area contributed by atoms with E-state index in [0.29, 0.717) is 19.0 Å². The minimum absolute atomic E-state index is 0.0826. The van der Waals surface area contributed by atoms with Crippen LogP contribution in [0.15, 0.2) is 41.3 Å². The number of nitrogens with one attached hydrogen (secondary N) is 1. The van der Waals surface area contributed by atoms with Gasteiger partial charge in [-0.25, -0.2) is 13.1 Å². The Balaban J connectivity index is 2.03. The van der Waals surface area contributed by atoms with Gasteiger partial charge in [-0.05, 0) is 63.1 Å². The van der Waals surface area contributed by atoms with Crippen molar-refractivity contribution in [3.05, 3.63) is 47.5 Å². The highest BCUT2D eigenvalue weighted by Crippen LogP contribution is 2.28. The fourth-order valence-corrected chi connectivity index (χ4v) is 3.81. The maximum Gasteiger partial charge on any atom is 0.244 e. The summed E-state index contributed by atoms with van der Waals surface area (Å²) in [6.45, 7) is 8.86. The van der Waals surface area contributed by atoms with Crippen molar-refractivity contribution in [2.45, 2.75) is 32.6 Å². The molecule has 0 atom stereocenters. The monoisotopic (exact) mass is 393 g/mol. The van der Waals surface area contributed by atoms with Crippen LogP contribution in [0.25, 0.3) is 0 Å². The normalized spacial score (nSPS) is 11.3. The third-order valence-corrected chi connectivity index (χ3v) is 5.17. The smallest absolute Gasteiger partial charge is 0.244 e. The van der Waals surface area contributed by atoms with Crippen LogP contribution >= 0.6 is 0 Å². The first-order valence-electron chi connectivity index (χ1n) is 8.96. The largest absolute Gasteiger partial charge is 0.494 e. The number of rotatable bonds is 10. The predicted octanol–water partition coefficient (Wildman–Crippen LogP) is 3.46. The Hall–Kier alpha value is -2.25. The maximum atomic E-state index is 12.6. The second-order valence-corrected chi connectivity index (χ2v) is 7.78. The lowest BCUT2D eigenvalue weighted by Gasteiger charge is -2.14. The van der Waals surface area contributed by atoms with E-state index < -0.39 is 10.0 Å². The quantitative estimate of drug-likeness (QED) is 0.626. The van der Waals surface area contributed by atoms with Gasteiger partial charge >= 0.3 is 0 Å². The second kappa shape index (κ2) is 9.62. The first-order valence-corrected chi connectivity index (χ1v) is 10.4. The predicted molar refractivity (Wildman–Crippen MR) is 105 cm³/mol. The molecule has 148 valence electrons. The van der Waals surface area contributed by atoms with Crippen LogP contribution in [0.1, 0.15) is 25.0 Å². The number of ether oxygens (including phenoxy) is 3. The fourth-order valence-electron chi connectivity index (χ4n) is 2.67. The molecule has 0 radical (unpaired) electrons. The minimum atomic E-state index is -3.73. The molecule has 2 aromatic rings. The van der Waals surface area contributed by atoms with Gasteiger partial charge in [0.2, 0.25) is 10.0 Å². The number of aryl methyl sites for hydroxylation is 2. The van der Waals surface area contributed by atoms with Crippen molar-refractivity contribution in [3.63, 3.8) is 0 Å². The Morgan fingerprint density at radius 2 is 1.52 bits per heavy atom. The Morgan fingerprint density at radius 1 is 0.852 bits per heavy atom. The summed E-state index contributed by atoms with van der Waals surface area (Å²) in [6, 6.07) is 10.6. The van der Waals surface area contributed by atoms with E-state index in [1.54, 1.807) is 19.1 Å².